The first-order chi connectivity index (χ1) is 26.1. The second kappa shape index (κ2) is 16.5. The van der Waals surface area contributed by atoms with E-state index in [1.54, 1.807) is 43.5 Å². The van der Waals surface area contributed by atoms with Gasteiger partial charge in [0.2, 0.25) is 0 Å². The summed E-state index contributed by atoms with van der Waals surface area (Å²) in [5.41, 5.74) is 2.06. The molecule has 3 aliphatic heterocycles. The van der Waals surface area contributed by atoms with Crippen LogP contribution in [0.25, 0.3) is 5.65 Å². The number of hydrogen-bond donors (Lipinski definition) is 2. The van der Waals surface area contributed by atoms with Crippen molar-refractivity contribution in [2.24, 2.45) is 0 Å². The monoisotopic (exact) mass is 743 g/mol. The number of anilines is 2. The van der Waals surface area contributed by atoms with Gasteiger partial charge in [-0.25, -0.2) is 9.50 Å². The summed E-state index contributed by atoms with van der Waals surface area (Å²) in [5, 5.41) is 10.2. The Morgan fingerprint density at radius 3 is 2.52 bits per heavy atom. The highest BCUT2D eigenvalue weighted by atomic mass is 19.4. The number of amides is 2. The van der Waals surface area contributed by atoms with E-state index in [1.165, 1.54) is 4.52 Å². The smallest absolute Gasteiger partial charge is 0.416 e. The van der Waals surface area contributed by atoms with Crippen molar-refractivity contribution in [2.45, 2.75) is 64.1 Å². The molecule has 2 N–H and O–H groups in total. The van der Waals surface area contributed by atoms with Crippen LogP contribution >= 0.6 is 0 Å². The zero-order valence-electron chi connectivity index (χ0n) is 30.3. The number of fused-ring (bicyclic) bond motifs is 3. The van der Waals surface area contributed by atoms with Gasteiger partial charge in [0.25, 0.3) is 11.8 Å². The van der Waals surface area contributed by atoms with E-state index in [-0.39, 0.29) is 22.9 Å². The number of halogens is 3. The number of imidazole rings is 1. The van der Waals surface area contributed by atoms with Crippen molar-refractivity contribution in [3.05, 3.63) is 82.3 Å². The topological polar surface area (TPSA) is 113 Å². The molecule has 2 fully saturated rings. The van der Waals surface area contributed by atoms with Gasteiger partial charge in [0.15, 0.2) is 5.65 Å². The standard InChI is InChI=1S/C40H44F3N7O4/c1-27-28-7-8-32-26-45-37-10-9-36(47-50(32)37)39(52)44-13-5-3-2-4-6-18-54-34(21-28)25-35(27)38(51)46-30-22-29(40(41,42)43)23-33(24-30)48-14-11-31(12-15-48)49-16-19-53-20-17-49/h9-10,21-26,31H,2-6,11-20H2,1H3,(H,44,52)(H,46,51). The van der Waals surface area contributed by atoms with Gasteiger partial charge in [-0.2, -0.15) is 18.3 Å². The van der Waals surface area contributed by atoms with Crippen LogP contribution in [0.3, 0.4) is 0 Å². The summed E-state index contributed by atoms with van der Waals surface area (Å²) in [7, 11) is 0. The fourth-order valence-electron chi connectivity index (χ4n) is 7.25. The maximum atomic E-state index is 14.2. The van der Waals surface area contributed by atoms with Gasteiger partial charge in [-0.05, 0) is 86.6 Å². The number of nitrogens with zero attached hydrogens (tertiary/aromatic N) is 5. The number of nitrogens with one attached hydrogen (secondary N) is 2. The molecule has 4 aromatic rings. The van der Waals surface area contributed by atoms with Crippen molar-refractivity contribution in [1.82, 2.24) is 24.8 Å². The lowest BCUT2D eigenvalue weighted by Gasteiger charge is -2.41. The summed E-state index contributed by atoms with van der Waals surface area (Å²) in [5.74, 6) is 5.76. The molecule has 5 heterocycles. The van der Waals surface area contributed by atoms with Gasteiger partial charge in [-0.15, -0.1) is 0 Å². The zero-order valence-corrected chi connectivity index (χ0v) is 30.3. The first-order valence-corrected chi connectivity index (χ1v) is 18.7. The number of aromatic nitrogens is 3. The molecule has 2 aromatic carbocycles. The Hall–Kier alpha value is -5.13. The van der Waals surface area contributed by atoms with Crippen LogP contribution in [0.5, 0.6) is 5.75 Å². The number of alkyl halides is 3. The molecular formula is C40H44F3N7O4. The predicted octanol–water partition coefficient (Wildman–Crippen LogP) is 6.08. The van der Waals surface area contributed by atoms with Crippen molar-refractivity contribution in [2.75, 3.05) is 62.8 Å². The Labute approximate surface area is 312 Å². The highest BCUT2D eigenvalue weighted by molar-refractivity contribution is 6.06. The van der Waals surface area contributed by atoms with E-state index in [0.717, 1.165) is 70.2 Å². The van der Waals surface area contributed by atoms with Gasteiger partial charge >= 0.3 is 6.18 Å². The third-order valence-corrected chi connectivity index (χ3v) is 10.3. The maximum absolute atomic E-state index is 14.2. The van der Waals surface area contributed by atoms with Gasteiger partial charge in [-0.3, -0.25) is 14.5 Å². The highest BCUT2D eigenvalue weighted by Gasteiger charge is 2.33. The molecule has 0 radical (unpaired) electrons. The van der Waals surface area contributed by atoms with Crippen LogP contribution in [0.1, 0.15) is 88.2 Å². The molecule has 2 aromatic heterocycles. The molecule has 3 aliphatic rings. The van der Waals surface area contributed by atoms with E-state index in [9.17, 15) is 22.8 Å². The molecule has 0 saturated carbocycles. The number of carbonyl (C=O) groups excluding carboxylic acids is 2. The van der Waals surface area contributed by atoms with E-state index in [4.69, 9.17) is 9.47 Å². The van der Waals surface area contributed by atoms with Crippen LogP contribution in [0.15, 0.2) is 48.7 Å². The normalized spacial score (nSPS) is 18.1. The van der Waals surface area contributed by atoms with Gasteiger partial charge in [0, 0.05) is 61.3 Å². The van der Waals surface area contributed by atoms with Crippen LogP contribution < -0.4 is 20.3 Å². The largest absolute Gasteiger partial charge is 0.494 e. The Bertz CT molecular complexity index is 2060. The van der Waals surface area contributed by atoms with Crippen LogP contribution in [-0.2, 0) is 10.9 Å². The second-order valence-corrected chi connectivity index (χ2v) is 14.0. The number of carbonyl (C=O) groups is 2. The Kier molecular flexibility index (Phi) is 11.4. The molecule has 11 nitrogen and oxygen atoms in total. The van der Waals surface area contributed by atoms with Gasteiger partial charge in [0.1, 0.15) is 17.1 Å². The number of piperidine rings is 1. The number of ether oxygens (including phenoxy) is 2. The van der Waals surface area contributed by atoms with Gasteiger partial charge in [-0.1, -0.05) is 25.2 Å². The third kappa shape index (κ3) is 8.80. The molecule has 14 heteroatoms. The molecule has 4 bridgehead atoms. The third-order valence-electron chi connectivity index (χ3n) is 10.3. The highest BCUT2D eigenvalue weighted by Crippen LogP contribution is 2.36. The Morgan fingerprint density at radius 1 is 0.944 bits per heavy atom. The van der Waals surface area contributed by atoms with E-state index in [0.29, 0.717) is 79.4 Å². The molecule has 2 saturated heterocycles. The van der Waals surface area contributed by atoms with E-state index in [2.05, 4.69) is 37.5 Å². The van der Waals surface area contributed by atoms with Crippen molar-refractivity contribution in [1.29, 1.82) is 0 Å². The second-order valence-electron chi connectivity index (χ2n) is 14.0. The Morgan fingerprint density at radius 2 is 1.72 bits per heavy atom. The first kappa shape index (κ1) is 37.2. The number of hydrogen-bond acceptors (Lipinski definition) is 8. The van der Waals surface area contributed by atoms with Crippen LogP contribution in [0, 0.1) is 18.8 Å². The maximum Gasteiger partial charge on any atom is 0.416 e. The summed E-state index contributed by atoms with van der Waals surface area (Å²) < 4.78 is 55.8. The van der Waals surface area contributed by atoms with Crippen molar-refractivity contribution < 1.29 is 32.2 Å². The molecule has 0 unspecified atom stereocenters. The lowest BCUT2D eigenvalue weighted by Crippen LogP contribution is -2.49. The van der Waals surface area contributed by atoms with Gasteiger partial charge < -0.3 is 25.0 Å². The van der Waals surface area contributed by atoms with Crippen LogP contribution in [0.4, 0.5) is 24.5 Å². The fraction of sp³-hybridized carbons (Fsp3) is 0.450. The van der Waals surface area contributed by atoms with Crippen LogP contribution in [-0.4, -0.2) is 89.9 Å². The lowest BCUT2D eigenvalue weighted by atomic mass is 10.00. The SMILES string of the molecule is Cc1c2cc(cc1C(=O)Nc1cc(N3CCC(N4CCOCC4)CC3)cc(C(F)(F)F)c1)OCCCCCCCNC(=O)c1ccc3ncc(n3n1)C#C2. The van der Waals surface area contributed by atoms with Crippen LogP contribution in [0.2, 0.25) is 0 Å². The minimum absolute atomic E-state index is 0.0486. The molecule has 2 amide bonds. The molecular weight excluding hydrogens is 699 g/mol. The Balaban J connectivity index is 1.17. The average Bonchev–Trinajstić information content (AvgIpc) is 3.58. The molecule has 0 atom stereocenters. The summed E-state index contributed by atoms with van der Waals surface area (Å²) in [6.45, 7) is 7.01. The molecule has 284 valence electrons. The summed E-state index contributed by atoms with van der Waals surface area (Å²) in [6.07, 6.45) is 3.04. The molecule has 54 heavy (non-hydrogen) atoms. The average molecular weight is 744 g/mol. The number of morpholine rings is 1. The zero-order chi connectivity index (χ0) is 37.7. The summed E-state index contributed by atoms with van der Waals surface area (Å²) in [4.78, 5) is 35.5. The number of benzene rings is 2. The van der Waals surface area contributed by atoms with Crippen molar-refractivity contribution in [3.63, 3.8) is 0 Å². The summed E-state index contributed by atoms with van der Waals surface area (Å²) >= 11 is 0. The van der Waals surface area contributed by atoms with E-state index >= 15 is 0 Å². The van der Waals surface area contributed by atoms with Crippen molar-refractivity contribution >= 4 is 28.8 Å². The minimum Gasteiger partial charge on any atom is -0.494 e. The molecule has 7 rings (SSSR count). The minimum atomic E-state index is -4.61. The van der Waals surface area contributed by atoms with E-state index < -0.39 is 17.6 Å². The fourth-order valence-corrected chi connectivity index (χ4v) is 7.25. The summed E-state index contributed by atoms with van der Waals surface area (Å²) in [6, 6.07) is 10.8. The molecule has 0 aliphatic carbocycles. The van der Waals surface area contributed by atoms with Crippen molar-refractivity contribution in [3.8, 4) is 17.6 Å². The number of rotatable bonds is 4. The van der Waals surface area contributed by atoms with Gasteiger partial charge in [0.05, 0.1) is 31.6 Å². The lowest BCUT2D eigenvalue weighted by molar-refractivity contribution is -0.137. The molecule has 0 spiro atoms. The predicted molar refractivity (Wildman–Crippen MR) is 198 cm³/mol. The quantitative estimate of drug-likeness (QED) is 0.242. The first-order valence-electron chi connectivity index (χ1n) is 18.7. The van der Waals surface area contributed by atoms with E-state index in [1.807, 2.05) is 4.90 Å².